The van der Waals surface area contributed by atoms with Gasteiger partial charge in [0.2, 0.25) is 0 Å². The number of rotatable bonds is 7. The van der Waals surface area contributed by atoms with Crippen molar-refractivity contribution in [2.75, 3.05) is 31.7 Å². The molecule has 0 N–H and O–H groups in total. The molecule has 1 rings (SSSR count). The number of nitro benzene ring substituents is 1. The Kier molecular flexibility index (Phi) is 5.94. The molecule has 20 heavy (non-hydrogen) atoms. The molecule has 0 fully saturated rings. The van der Waals surface area contributed by atoms with Crippen LogP contribution in [-0.4, -0.2) is 31.7 Å². The molecule has 6 nitrogen and oxygen atoms in total. The number of ether oxygens (including phenoxy) is 1. The standard InChI is InChI=1S/C14H19N3O3/c1-11(2)10-16(6-7-20-3)14-5-4-13(17(18)19)8-12(14)9-15/h4-5,8,11H,6-7,10H2,1-3H3. The van der Waals surface area contributed by atoms with Crippen molar-refractivity contribution in [1.29, 1.82) is 5.26 Å². The quantitative estimate of drug-likeness (QED) is 0.565. The van der Waals surface area contributed by atoms with E-state index >= 15 is 0 Å². The molecule has 0 aliphatic heterocycles. The molecule has 0 amide bonds. The lowest BCUT2D eigenvalue weighted by atomic mass is 10.1. The van der Waals surface area contributed by atoms with Crippen LogP contribution in [0.25, 0.3) is 0 Å². The number of nitro groups is 1. The Labute approximate surface area is 118 Å². The molecule has 0 atom stereocenters. The second kappa shape index (κ2) is 7.46. The normalized spacial score (nSPS) is 10.3. The molecule has 0 aromatic heterocycles. The number of hydrogen-bond acceptors (Lipinski definition) is 5. The van der Waals surface area contributed by atoms with Gasteiger partial charge in [0.05, 0.1) is 22.8 Å². The first-order valence-corrected chi connectivity index (χ1v) is 6.42. The van der Waals surface area contributed by atoms with Gasteiger partial charge in [0.25, 0.3) is 5.69 Å². The van der Waals surface area contributed by atoms with Crippen molar-refractivity contribution in [3.8, 4) is 6.07 Å². The monoisotopic (exact) mass is 277 g/mol. The summed E-state index contributed by atoms with van der Waals surface area (Å²) in [6, 6.07) is 6.41. The van der Waals surface area contributed by atoms with Gasteiger partial charge in [0.15, 0.2) is 0 Å². The number of benzene rings is 1. The van der Waals surface area contributed by atoms with Crippen LogP contribution >= 0.6 is 0 Å². The van der Waals surface area contributed by atoms with Crippen molar-refractivity contribution in [2.45, 2.75) is 13.8 Å². The smallest absolute Gasteiger partial charge is 0.270 e. The maximum atomic E-state index is 10.8. The summed E-state index contributed by atoms with van der Waals surface area (Å²) >= 11 is 0. The van der Waals surface area contributed by atoms with Gasteiger partial charge in [0, 0.05) is 32.3 Å². The van der Waals surface area contributed by atoms with Gasteiger partial charge in [-0.15, -0.1) is 0 Å². The van der Waals surface area contributed by atoms with Gasteiger partial charge < -0.3 is 9.64 Å². The van der Waals surface area contributed by atoms with Gasteiger partial charge >= 0.3 is 0 Å². The molecule has 0 radical (unpaired) electrons. The van der Waals surface area contributed by atoms with E-state index in [0.29, 0.717) is 30.3 Å². The van der Waals surface area contributed by atoms with Gasteiger partial charge in [-0.3, -0.25) is 10.1 Å². The average molecular weight is 277 g/mol. The first-order valence-electron chi connectivity index (χ1n) is 6.42. The maximum Gasteiger partial charge on any atom is 0.270 e. The zero-order valence-electron chi connectivity index (χ0n) is 12.0. The molecule has 0 spiro atoms. The van der Waals surface area contributed by atoms with Gasteiger partial charge in [0.1, 0.15) is 6.07 Å². The van der Waals surface area contributed by atoms with Crippen LogP contribution in [0.5, 0.6) is 0 Å². The van der Waals surface area contributed by atoms with E-state index in [2.05, 4.69) is 13.8 Å². The molecule has 0 bridgehead atoms. The van der Waals surface area contributed by atoms with Crippen LogP contribution in [0.3, 0.4) is 0 Å². The Morgan fingerprint density at radius 3 is 2.70 bits per heavy atom. The number of hydrogen-bond donors (Lipinski definition) is 0. The lowest BCUT2D eigenvalue weighted by Crippen LogP contribution is -2.31. The Morgan fingerprint density at radius 1 is 1.50 bits per heavy atom. The number of nitrogens with zero attached hydrogens (tertiary/aromatic N) is 3. The van der Waals surface area contributed by atoms with Crippen LogP contribution in [-0.2, 0) is 4.74 Å². The summed E-state index contributed by atoms with van der Waals surface area (Å²) in [6.45, 7) is 6.10. The largest absolute Gasteiger partial charge is 0.383 e. The van der Waals surface area contributed by atoms with Crippen LogP contribution in [0.15, 0.2) is 18.2 Å². The fourth-order valence-electron chi connectivity index (χ4n) is 1.96. The number of anilines is 1. The highest BCUT2D eigenvalue weighted by molar-refractivity contribution is 5.63. The van der Waals surface area contributed by atoms with Gasteiger partial charge in [-0.05, 0) is 12.0 Å². The molecule has 108 valence electrons. The highest BCUT2D eigenvalue weighted by Crippen LogP contribution is 2.25. The van der Waals surface area contributed by atoms with E-state index in [0.717, 1.165) is 6.54 Å². The van der Waals surface area contributed by atoms with E-state index in [4.69, 9.17) is 4.74 Å². The zero-order valence-corrected chi connectivity index (χ0v) is 12.0. The Bertz CT molecular complexity index is 509. The molecule has 6 heteroatoms. The average Bonchev–Trinajstić information content (AvgIpc) is 2.42. The number of methoxy groups -OCH3 is 1. The summed E-state index contributed by atoms with van der Waals surface area (Å²) in [5.41, 5.74) is 0.960. The van der Waals surface area contributed by atoms with Crippen molar-refractivity contribution in [3.05, 3.63) is 33.9 Å². The molecule has 0 heterocycles. The Hall–Kier alpha value is -2.13. The lowest BCUT2D eigenvalue weighted by molar-refractivity contribution is -0.384. The molecular weight excluding hydrogens is 258 g/mol. The fraction of sp³-hybridized carbons (Fsp3) is 0.500. The van der Waals surface area contributed by atoms with E-state index in [1.807, 2.05) is 11.0 Å². The van der Waals surface area contributed by atoms with Crippen LogP contribution in [0.2, 0.25) is 0 Å². The van der Waals surface area contributed by atoms with Crippen molar-refractivity contribution in [3.63, 3.8) is 0 Å². The molecule has 0 saturated carbocycles. The van der Waals surface area contributed by atoms with Gasteiger partial charge in [-0.2, -0.15) is 5.26 Å². The van der Waals surface area contributed by atoms with Gasteiger partial charge in [-0.1, -0.05) is 13.8 Å². The molecule has 1 aromatic carbocycles. The predicted molar refractivity (Wildman–Crippen MR) is 76.7 cm³/mol. The summed E-state index contributed by atoms with van der Waals surface area (Å²) in [7, 11) is 1.62. The van der Waals surface area contributed by atoms with Crippen molar-refractivity contribution >= 4 is 11.4 Å². The first kappa shape index (κ1) is 15.9. The Morgan fingerprint density at radius 2 is 2.20 bits per heavy atom. The van der Waals surface area contributed by atoms with E-state index in [1.165, 1.54) is 12.1 Å². The second-order valence-corrected chi connectivity index (χ2v) is 4.90. The molecule has 0 saturated heterocycles. The van der Waals surface area contributed by atoms with Crippen LogP contribution in [0.1, 0.15) is 19.4 Å². The highest BCUT2D eigenvalue weighted by Gasteiger charge is 2.16. The molecule has 0 unspecified atom stereocenters. The fourth-order valence-corrected chi connectivity index (χ4v) is 1.96. The summed E-state index contributed by atoms with van der Waals surface area (Å²) in [6.07, 6.45) is 0. The van der Waals surface area contributed by atoms with Crippen LogP contribution in [0.4, 0.5) is 11.4 Å². The van der Waals surface area contributed by atoms with Crippen molar-refractivity contribution < 1.29 is 9.66 Å². The van der Waals surface area contributed by atoms with Crippen molar-refractivity contribution in [2.24, 2.45) is 5.92 Å². The number of nitriles is 1. The minimum atomic E-state index is -0.493. The summed E-state index contributed by atoms with van der Waals surface area (Å²) in [4.78, 5) is 12.3. The second-order valence-electron chi connectivity index (χ2n) is 4.90. The third kappa shape index (κ3) is 4.21. The Balaban J connectivity index is 3.11. The summed E-state index contributed by atoms with van der Waals surface area (Å²) in [5.74, 6) is 0.411. The van der Waals surface area contributed by atoms with Crippen LogP contribution in [0, 0.1) is 27.4 Å². The molecule has 0 aliphatic carbocycles. The summed E-state index contributed by atoms with van der Waals surface area (Å²) in [5, 5.41) is 20.0. The van der Waals surface area contributed by atoms with E-state index in [-0.39, 0.29) is 5.69 Å². The minimum absolute atomic E-state index is 0.0680. The molecular formula is C14H19N3O3. The lowest BCUT2D eigenvalue weighted by Gasteiger charge is -2.27. The third-order valence-electron chi connectivity index (χ3n) is 2.80. The SMILES string of the molecule is COCCN(CC(C)C)c1ccc([N+](=O)[O-])cc1C#N. The predicted octanol–water partition coefficient (Wildman–Crippen LogP) is 2.58. The third-order valence-corrected chi connectivity index (χ3v) is 2.80. The molecule has 1 aromatic rings. The van der Waals surface area contributed by atoms with E-state index in [1.54, 1.807) is 13.2 Å². The summed E-state index contributed by atoms with van der Waals surface area (Å²) < 4.78 is 5.08. The first-order chi connectivity index (χ1) is 9.49. The van der Waals surface area contributed by atoms with E-state index in [9.17, 15) is 15.4 Å². The maximum absolute atomic E-state index is 10.8. The molecule has 0 aliphatic rings. The zero-order chi connectivity index (χ0) is 15.1. The topological polar surface area (TPSA) is 79.4 Å². The minimum Gasteiger partial charge on any atom is -0.383 e. The van der Waals surface area contributed by atoms with Crippen molar-refractivity contribution in [1.82, 2.24) is 0 Å². The number of non-ortho nitro benzene ring substituents is 1. The van der Waals surface area contributed by atoms with E-state index < -0.39 is 4.92 Å². The van der Waals surface area contributed by atoms with Gasteiger partial charge in [-0.25, -0.2) is 0 Å². The van der Waals surface area contributed by atoms with Crippen LogP contribution < -0.4 is 4.90 Å². The highest BCUT2D eigenvalue weighted by atomic mass is 16.6.